The molecular weight excluding hydrogens is 297 g/mol. The standard InChI is InChI=1S/C17H16FN3S/c1-21(10-12-3-6-14(22-2)7-4-12)17-15-9-13(18)5-8-16(15)19-11-20-17/h3-9,11H,10H2,1-2H3. The van der Waals surface area contributed by atoms with Crippen LogP contribution in [0.2, 0.25) is 0 Å². The normalized spacial score (nSPS) is 10.9. The molecule has 0 aliphatic heterocycles. The minimum Gasteiger partial charge on any atom is -0.355 e. The van der Waals surface area contributed by atoms with Crippen molar-refractivity contribution in [3.05, 3.63) is 60.2 Å². The van der Waals surface area contributed by atoms with Crippen molar-refractivity contribution in [2.45, 2.75) is 11.4 Å². The van der Waals surface area contributed by atoms with E-state index in [-0.39, 0.29) is 5.82 Å². The van der Waals surface area contributed by atoms with Crippen LogP contribution in [-0.2, 0) is 6.54 Å². The van der Waals surface area contributed by atoms with E-state index >= 15 is 0 Å². The third kappa shape index (κ3) is 3.04. The van der Waals surface area contributed by atoms with Crippen LogP contribution in [-0.4, -0.2) is 23.3 Å². The Bertz CT molecular complexity index is 790. The van der Waals surface area contributed by atoms with Gasteiger partial charge in [-0.25, -0.2) is 14.4 Å². The van der Waals surface area contributed by atoms with Crippen molar-refractivity contribution in [3.8, 4) is 0 Å². The van der Waals surface area contributed by atoms with E-state index in [9.17, 15) is 4.39 Å². The van der Waals surface area contributed by atoms with E-state index in [0.29, 0.717) is 6.54 Å². The minimum atomic E-state index is -0.277. The van der Waals surface area contributed by atoms with E-state index in [1.807, 2.05) is 11.9 Å². The summed E-state index contributed by atoms with van der Waals surface area (Å²) >= 11 is 1.72. The van der Waals surface area contributed by atoms with Gasteiger partial charge in [-0.15, -0.1) is 11.8 Å². The average molecular weight is 313 g/mol. The molecule has 0 bridgehead atoms. The molecule has 0 spiro atoms. The van der Waals surface area contributed by atoms with Gasteiger partial charge in [-0.05, 0) is 42.2 Å². The molecule has 0 atom stereocenters. The Morgan fingerprint density at radius 2 is 1.86 bits per heavy atom. The van der Waals surface area contributed by atoms with Crippen LogP contribution in [0.15, 0.2) is 53.7 Å². The number of thioether (sulfide) groups is 1. The van der Waals surface area contributed by atoms with E-state index in [1.54, 1.807) is 17.8 Å². The van der Waals surface area contributed by atoms with Crippen LogP contribution in [0, 0.1) is 5.82 Å². The van der Waals surface area contributed by atoms with E-state index in [1.165, 1.54) is 28.9 Å². The summed E-state index contributed by atoms with van der Waals surface area (Å²) < 4.78 is 13.5. The summed E-state index contributed by atoms with van der Waals surface area (Å²) in [7, 11) is 1.95. The summed E-state index contributed by atoms with van der Waals surface area (Å²) in [5.74, 6) is 0.458. The average Bonchev–Trinajstić information content (AvgIpc) is 2.55. The van der Waals surface area contributed by atoms with E-state index in [0.717, 1.165) is 16.7 Å². The number of anilines is 1. The molecule has 22 heavy (non-hydrogen) atoms. The fourth-order valence-electron chi connectivity index (χ4n) is 2.40. The summed E-state index contributed by atoms with van der Waals surface area (Å²) in [6.07, 6.45) is 3.57. The first-order chi connectivity index (χ1) is 10.7. The molecule has 0 saturated carbocycles. The SMILES string of the molecule is CSc1ccc(CN(C)c2ncnc3ccc(F)cc23)cc1. The highest BCUT2D eigenvalue weighted by Gasteiger charge is 2.10. The molecule has 1 aromatic heterocycles. The van der Waals surface area contributed by atoms with Gasteiger partial charge in [0.1, 0.15) is 18.0 Å². The molecule has 112 valence electrons. The number of hydrogen-bond acceptors (Lipinski definition) is 4. The second kappa shape index (κ2) is 6.32. The Balaban J connectivity index is 1.91. The molecule has 0 unspecified atom stereocenters. The molecule has 0 fully saturated rings. The van der Waals surface area contributed by atoms with Gasteiger partial charge < -0.3 is 4.90 Å². The smallest absolute Gasteiger partial charge is 0.140 e. The van der Waals surface area contributed by atoms with Gasteiger partial charge in [0.15, 0.2) is 0 Å². The first kappa shape index (κ1) is 14.8. The van der Waals surface area contributed by atoms with Gasteiger partial charge in [-0.1, -0.05) is 12.1 Å². The van der Waals surface area contributed by atoms with Crippen molar-refractivity contribution in [1.29, 1.82) is 0 Å². The molecule has 0 N–H and O–H groups in total. The van der Waals surface area contributed by atoms with Crippen LogP contribution >= 0.6 is 11.8 Å². The minimum absolute atomic E-state index is 0.277. The van der Waals surface area contributed by atoms with Gasteiger partial charge in [0.25, 0.3) is 0 Å². The predicted octanol–water partition coefficient (Wildman–Crippen LogP) is 4.13. The Kier molecular flexibility index (Phi) is 4.24. The maximum absolute atomic E-state index is 13.5. The molecule has 5 heteroatoms. The number of hydrogen-bond donors (Lipinski definition) is 0. The summed E-state index contributed by atoms with van der Waals surface area (Å²) in [5, 5.41) is 0.728. The number of rotatable bonds is 4. The number of halogens is 1. The highest BCUT2D eigenvalue weighted by Crippen LogP contribution is 2.24. The van der Waals surface area contributed by atoms with Crippen LogP contribution in [0.25, 0.3) is 10.9 Å². The zero-order chi connectivity index (χ0) is 15.5. The third-order valence-corrected chi connectivity index (χ3v) is 4.26. The maximum atomic E-state index is 13.5. The maximum Gasteiger partial charge on any atom is 0.140 e. The van der Waals surface area contributed by atoms with Gasteiger partial charge >= 0.3 is 0 Å². The van der Waals surface area contributed by atoms with Crippen LogP contribution in [0.4, 0.5) is 10.2 Å². The van der Waals surface area contributed by atoms with Gasteiger partial charge in [-0.3, -0.25) is 0 Å². The van der Waals surface area contributed by atoms with Crippen molar-refractivity contribution in [1.82, 2.24) is 9.97 Å². The second-order valence-electron chi connectivity index (χ2n) is 5.06. The lowest BCUT2D eigenvalue weighted by Gasteiger charge is -2.19. The van der Waals surface area contributed by atoms with Crippen LogP contribution in [0.3, 0.4) is 0 Å². The van der Waals surface area contributed by atoms with Crippen molar-refractivity contribution in [3.63, 3.8) is 0 Å². The van der Waals surface area contributed by atoms with Crippen molar-refractivity contribution >= 4 is 28.5 Å². The zero-order valence-corrected chi connectivity index (χ0v) is 13.3. The lowest BCUT2D eigenvalue weighted by atomic mass is 10.2. The van der Waals surface area contributed by atoms with Gasteiger partial charge in [0.05, 0.1) is 5.52 Å². The second-order valence-corrected chi connectivity index (χ2v) is 5.94. The van der Waals surface area contributed by atoms with Crippen molar-refractivity contribution in [2.24, 2.45) is 0 Å². The van der Waals surface area contributed by atoms with Gasteiger partial charge in [-0.2, -0.15) is 0 Å². The van der Waals surface area contributed by atoms with Crippen LogP contribution in [0.1, 0.15) is 5.56 Å². The van der Waals surface area contributed by atoms with Crippen molar-refractivity contribution < 1.29 is 4.39 Å². The fourth-order valence-corrected chi connectivity index (χ4v) is 2.81. The zero-order valence-electron chi connectivity index (χ0n) is 12.5. The largest absolute Gasteiger partial charge is 0.355 e. The Morgan fingerprint density at radius 1 is 1.09 bits per heavy atom. The molecule has 1 heterocycles. The first-order valence-corrected chi connectivity index (χ1v) is 8.14. The number of fused-ring (bicyclic) bond motifs is 1. The van der Waals surface area contributed by atoms with Crippen LogP contribution < -0.4 is 4.90 Å². The lowest BCUT2D eigenvalue weighted by molar-refractivity contribution is 0.629. The highest BCUT2D eigenvalue weighted by atomic mass is 32.2. The van der Waals surface area contributed by atoms with Gasteiger partial charge in [0.2, 0.25) is 0 Å². The molecule has 0 saturated heterocycles. The highest BCUT2D eigenvalue weighted by molar-refractivity contribution is 7.98. The van der Waals surface area contributed by atoms with E-state index in [2.05, 4.69) is 40.5 Å². The van der Waals surface area contributed by atoms with Gasteiger partial charge in [0, 0.05) is 23.9 Å². The molecule has 0 radical (unpaired) electrons. The number of benzene rings is 2. The first-order valence-electron chi connectivity index (χ1n) is 6.91. The molecule has 3 rings (SSSR count). The predicted molar refractivity (Wildman–Crippen MR) is 89.8 cm³/mol. The molecule has 3 nitrogen and oxygen atoms in total. The molecule has 0 aliphatic rings. The molecule has 0 amide bonds. The van der Waals surface area contributed by atoms with Crippen molar-refractivity contribution in [2.75, 3.05) is 18.2 Å². The molecule has 2 aromatic carbocycles. The fraction of sp³-hybridized carbons (Fsp3) is 0.176. The number of aromatic nitrogens is 2. The summed E-state index contributed by atoms with van der Waals surface area (Å²) in [6.45, 7) is 0.706. The van der Waals surface area contributed by atoms with E-state index in [4.69, 9.17) is 0 Å². The Morgan fingerprint density at radius 3 is 2.59 bits per heavy atom. The summed E-state index contributed by atoms with van der Waals surface area (Å²) in [5.41, 5.74) is 1.93. The van der Waals surface area contributed by atoms with Crippen LogP contribution in [0.5, 0.6) is 0 Å². The summed E-state index contributed by atoms with van der Waals surface area (Å²) in [6, 6.07) is 13.0. The monoisotopic (exact) mass is 313 g/mol. The van der Waals surface area contributed by atoms with E-state index < -0.39 is 0 Å². The molecule has 3 aromatic rings. The summed E-state index contributed by atoms with van der Waals surface area (Å²) in [4.78, 5) is 11.8. The third-order valence-electron chi connectivity index (χ3n) is 3.52. The Hall–Kier alpha value is -2.14. The molecule has 0 aliphatic carbocycles. The topological polar surface area (TPSA) is 29.0 Å². The molecular formula is C17H16FN3S. The Labute approximate surface area is 133 Å². The lowest BCUT2D eigenvalue weighted by Crippen LogP contribution is -2.18. The number of nitrogens with zero attached hydrogens (tertiary/aromatic N) is 3. The quantitative estimate of drug-likeness (QED) is 0.677.